The van der Waals surface area contributed by atoms with Crippen molar-refractivity contribution in [1.82, 2.24) is 0 Å². The largest absolute Gasteiger partial charge is 0.426 e. The van der Waals surface area contributed by atoms with Gasteiger partial charge < -0.3 is 4.74 Å². The van der Waals surface area contributed by atoms with E-state index in [0.29, 0.717) is 17.6 Å². The van der Waals surface area contributed by atoms with Gasteiger partial charge in [-0.3, -0.25) is 9.59 Å². The second-order valence-electron chi connectivity index (χ2n) is 2.51. The van der Waals surface area contributed by atoms with E-state index in [1.54, 1.807) is 6.92 Å². The lowest BCUT2D eigenvalue weighted by molar-refractivity contribution is -0.130. The molecular formula is C10H8ClO3. The van der Waals surface area contributed by atoms with Gasteiger partial charge in [0, 0.05) is 11.6 Å². The smallest absolute Gasteiger partial charge is 0.314 e. The number of ether oxygens (including phenoxy) is 1. The molecule has 0 aliphatic rings. The molecule has 0 aromatic heterocycles. The normalized spacial score (nSPS) is 9.57. The molecule has 1 aromatic rings. The Morgan fingerprint density at radius 1 is 1.50 bits per heavy atom. The van der Waals surface area contributed by atoms with Crippen LogP contribution in [-0.2, 0) is 4.79 Å². The van der Waals surface area contributed by atoms with Crippen LogP contribution in [0.15, 0.2) is 18.2 Å². The van der Waals surface area contributed by atoms with Crippen molar-refractivity contribution in [3.8, 4) is 5.75 Å². The van der Waals surface area contributed by atoms with Crippen LogP contribution in [0.4, 0.5) is 0 Å². The zero-order chi connectivity index (χ0) is 10.6. The molecule has 0 aliphatic carbocycles. The summed E-state index contributed by atoms with van der Waals surface area (Å²) in [6, 6.07) is 4.43. The molecule has 0 atom stereocenters. The predicted octanol–water partition coefficient (Wildman–Crippen LogP) is 2.28. The summed E-state index contributed by atoms with van der Waals surface area (Å²) in [5, 5.41) is 0.265. The number of benzene rings is 1. The Morgan fingerprint density at radius 2 is 2.21 bits per heavy atom. The fourth-order valence-electron chi connectivity index (χ4n) is 0.842. The van der Waals surface area contributed by atoms with Gasteiger partial charge in [-0.25, -0.2) is 0 Å². The van der Waals surface area contributed by atoms with E-state index >= 15 is 0 Å². The molecular weight excluding hydrogens is 204 g/mol. The lowest BCUT2D eigenvalue weighted by Gasteiger charge is -2.03. The summed E-state index contributed by atoms with van der Waals surface area (Å²) < 4.78 is 4.85. The first-order valence-electron chi connectivity index (χ1n) is 3.93. The SMILES string of the molecule is C[CH]C(=O)Oc1ccc(C=O)c(Cl)c1. The lowest BCUT2D eigenvalue weighted by atomic mass is 10.2. The van der Waals surface area contributed by atoms with Gasteiger partial charge in [0.05, 0.1) is 11.4 Å². The van der Waals surface area contributed by atoms with Gasteiger partial charge in [0.2, 0.25) is 0 Å². The molecule has 0 fully saturated rings. The predicted molar refractivity (Wildman–Crippen MR) is 52.4 cm³/mol. The van der Waals surface area contributed by atoms with Gasteiger partial charge in [-0.05, 0) is 12.1 Å². The Hall–Kier alpha value is -1.35. The Labute approximate surface area is 86.6 Å². The van der Waals surface area contributed by atoms with Crippen molar-refractivity contribution in [2.75, 3.05) is 0 Å². The van der Waals surface area contributed by atoms with E-state index in [9.17, 15) is 9.59 Å². The lowest BCUT2D eigenvalue weighted by Crippen LogP contribution is -2.06. The van der Waals surface area contributed by atoms with Crippen LogP contribution in [-0.4, -0.2) is 12.3 Å². The number of carbonyl (C=O) groups is 2. The van der Waals surface area contributed by atoms with Crippen LogP contribution in [0.25, 0.3) is 0 Å². The van der Waals surface area contributed by atoms with Gasteiger partial charge in [0.1, 0.15) is 5.75 Å². The maximum absolute atomic E-state index is 10.9. The second-order valence-corrected chi connectivity index (χ2v) is 2.92. The highest BCUT2D eigenvalue weighted by Crippen LogP contribution is 2.21. The van der Waals surface area contributed by atoms with E-state index in [-0.39, 0.29) is 5.02 Å². The van der Waals surface area contributed by atoms with Gasteiger partial charge in [-0.1, -0.05) is 18.5 Å². The maximum Gasteiger partial charge on any atom is 0.314 e. The van der Waals surface area contributed by atoms with Crippen LogP contribution in [0.3, 0.4) is 0 Å². The van der Waals surface area contributed by atoms with E-state index in [1.807, 2.05) is 0 Å². The number of hydrogen-bond donors (Lipinski definition) is 0. The van der Waals surface area contributed by atoms with Crippen LogP contribution in [0.2, 0.25) is 5.02 Å². The maximum atomic E-state index is 10.9. The van der Waals surface area contributed by atoms with E-state index < -0.39 is 5.97 Å². The third kappa shape index (κ3) is 2.57. The molecule has 0 heterocycles. The fourth-order valence-corrected chi connectivity index (χ4v) is 1.06. The van der Waals surface area contributed by atoms with Crippen molar-refractivity contribution < 1.29 is 14.3 Å². The first-order valence-corrected chi connectivity index (χ1v) is 4.31. The minimum atomic E-state index is -0.458. The Morgan fingerprint density at radius 3 is 2.71 bits per heavy atom. The molecule has 73 valence electrons. The molecule has 0 spiro atoms. The second kappa shape index (κ2) is 4.77. The quantitative estimate of drug-likeness (QED) is 0.438. The van der Waals surface area contributed by atoms with Gasteiger partial charge >= 0.3 is 5.97 Å². The monoisotopic (exact) mass is 211 g/mol. The van der Waals surface area contributed by atoms with Crippen molar-refractivity contribution in [3.63, 3.8) is 0 Å². The van der Waals surface area contributed by atoms with Gasteiger partial charge in [-0.15, -0.1) is 0 Å². The van der Waals surface area contributed by atoms with Crippen LogP contribution in [0.1, 0.15) is 17.3 Å². The highest BCUT2D eigenvalue weighted by atomic mass is 35.5. The topological polar surface area (TPSA) is 43.4 Å². The van der Waals surface area contributed by atoms with Crippen molar-refractivity contribution in [3.05, 3.63) is 35.2 Å². The third-order valence-electron chi connectivity index (χ3n) is 1.55. The minimum absolute atomic E-state index is 0.265. The Kier molecular flexibility index (Phi) is 3.65. The number of aldehydes is 1. The van der Waals surface area contributed by atoms with Crippen molar-refractivity contribution >= 4 is 23.9 Å². The third-order valence-corrected chi connectivity index (χ3v) is 1.88. The summed E-state index contributed by atoms with van der Waals surface area (Å²) in [4.78, 5) is 21.3. The van der Waals surface area contributed by atoms with E-state index in [0.717, 1.165) is 0 Å². The molecule has 0 aliphatic heterocycles. The van der Waals surface area contributed by atoms with Crippen molar-refractivity contribution in [2.45, 2.75) is 6.92 Å². The average Bonchev–Trinajstić information content (AvgIpc) is 2.18. The molecule has 0 saturated carbocycles. The standard InChI is InChI=1S/C10H8ClO3/c1-2-10(13)14-8-4-3-7(6-12)9(11)5-8/h2-6H,1H3. The highest BCUT2D eigenvalue weighted by molar-refractivity contribution is 6.33. The summed E-state index contributed by atoms with van der Waals surface area (Å²) in [6.07, 6.45) is 1.93. The van der Waals surface area contributed by atoms with Crippen molar-refractivity contribution in [2.24, 2.45) is 0 Å². The molecule has 0 saturated heterocycles. The molecule has 0 unspecified atom stereocenters. The van der Waals surface area contributed by atoms with Gasteiger partial charge in [-0.2, -0.15) is 0 Å². The van der Waals surface area contributed by atoms with Crippen LogP contribution in [0, 0.1) is 6.42 Å². The van der Waals surface area contributed by atoms with Crippen LogP contribution >= 0.6 is 11.6 Å². The summed E-state index contributed by atoms with van der Waals surface area (Å²) in [6.45, 7) is 1.57. The zero-order valence-electron chi connectivity index (χ0n) is 7.49. The number of carbonyl (C=O) groups excluding carboxylic acids is 2. The number of halogens is 1. The summed E-state index contributed by atoms with van der Waals surface area (Å²) in [5.74, 6) is -0.136. The first kappa shape index (κ1) is 10.7. The van der Waals surface area contributed by atoms with Crippen LogP contribution in [0.5, 0.6) is 5.75 Å². The molecule has 1 radical (unpaired) electrons. The summed E-state index contributed by atoms with van der Waals surface area (Å²) >= 11 is 5.72. The van der Waals surface area contributed by atoms with E-state index in [4.69, 9.17) is 16.3 Å². The molecule has 3 nitrogen and oxygen atoms in total. The number of esters is 1. The molecule has 0 N–H and O–H groups in total. The molecule has 1 rings (SSSR count). The summed E-state index contributed by atoms with van der Waals surface area (Å²) in [7, 11) is 0. The highest BCUT2D eigenvalue weighted by Gasteiger charge is 2.04. The molecule has 0 bridgehead atoms. The molecule has 4 heteroatoms. The minimum Gasteiger partial charge on any atom is -0.426 e. The van der Waals surface area contributed by atoms with E-state index in [1.165, 1.54) is 24.6 Å². The van der Waals surface area contributed by atoms with Gasteiger partial charge in [0.15, 0.2) is 6.29 Å². The summed E-state index contributed by atoms with van der Waals surface area (Å²) in [5.41, 5.74) is 0.368. The fraction of sp³-hybridized carbons (Fsp3) is 0.100. The molecule has 1 aromatic carbocycles. The molecule has 14 heavy (non-hydrogen) atoms. The number of rotatable bonds is 3. The Bertz CT molecular complexity index is 360. The van der Waals surface area contributed by atoms with Crippen LogP contribution < -0.4 is 4.74 Å². The van der Waals surface area contributed by atoms with Crippen molar-refractivity contribution in [1.29, 1.82) is 0 Å². The average molecular weight is 212 g/mol. The van der Waals surface area contributed by atoms with E-state index in [2.05, 4.69) is 0 Å². The first-order chi connectivity index (χ1) is 6.67. The Balaban J connectivity index is 2.86. The molecule has 0 amide bonds. The number of hydrogen-bond acceptors (Lipinski definition) is 3. The van der Waals surface area contributed by atoms with Gasteiger partial charge in [0.25, 0.3) is 0 Å². The zero-order valence-corrected chi connectivity index (χ0v) is 8.25.